The maximum absolute atomic E-state index is 6.79. The summed E-state index contributed by atoms with van der Waals surface area (Å²) < 4.78 is 6.79. The Balaban J connectivity index is 1.40. The highest BCUT2D eigenvalue weighted by molar-refractivity contribution is 6.31. The minimum absolute atomic E-state index is 0.889. The number of pyridine rings is 1. The fraction of sp³-hybridized carbons (Fsp3) is 0. The number of para-hydroxylation sites is 2. The zero-order chi connectivity index (χ0) is 29.5. The fourth-order valence-electron chi connectivity index (χ4n) is 7.44. The molecule has 0 radical (unpaired) electrons. The molecule has 0 saturated carbocycles. The van der Waals surface area contributed by atoms with Crippen LogP contribution >= 0.6 is 0 Å². The Bertz CT molecular complexity index is 2770. The second-order valence-corrected chi connectivity index (χ2v) is 11.8. The lowest BCUT2D eigenvalue weighted by molar-refractivity contribution is 0.670. The molecule has 0 atom stereocenters. The summed E-state index contributed by atoms with van der Waals surface area (Å²) in [4.78, 5) is 5.27. The molecule has 0 amide bonds. The van der Waals surface area contributed by atoms with E-state index in [2.05, 4.69) is 152 Å². The van der Waals surface area contributed by atoms with Crippen molar-refractivity contribution in [2.75, 3.05) is 0 Å². The van der Waals surface area contributed by atoms with Crippen LogP contribution in [0.15, 0.2) is 156 Å². The molecule has 208 valence electrons. The van der Waals surface area contributed by atoms with Crippen LogP contribution in [0.1, 0.15) is 0 Å². The summed E-state index contributed by atoms with van der Waals surface area (Å²) in [7, 11) is 0. The summed E-state index contributed by atoms with van der Waals surface area (Å²) in [5, 5.41) is 13.3. The van der Waals surface area contributed by atoms with E-state index >= 15 is 0 Å². The lowest BCUT2D eigenvalue weighted by atomic mass is 9.89. The summed E-state index contributed by atoms with van der Waals surface area (Å²) in [6, 6.07) is 54.1. The Morgan fingerprint density at radius 1 is 0.378 bits per heavy atom. The van der Waals surface area contributed by atoms with Crippen LogP contribution in [0, 0.1) is 0 Å². The number of aromatic nitrogens is 1. The van der Waals surface area contributed by atoms with E-state index < -0.39 is 0 Å². The van der Waals surface area contributed by atoms with Crippen LogP contribution in [-0.2, 0) is 0 Å². The molecule has 0 N–H and O–H groups in total. The lowest BCUT2D eigenvalue weighted by Crippen LogP contribution is -1.92. The molecule has 2 heteroatoms. The third-order valence-electron chi connectivity index (χ3n) is 9.41. The van der Waals surface area contributed by atoms with Gasteiger partial charge in [0.15, 0.2) is 0 Å². The standard InChI is InChI=1S/C43H25NO/c1-2-12-26(13-3-1)42-37-25-35(27-22-23-32-30-16-5-4-14-28(30)29-15-6-7-17-31(29)36(32)24-27)43-41(34-19-9-11-21-39(34)45-43)40(37)33-18-8-10-20-38(33)44-42/h1-25H. The highest BCUT2D eigenvalue weighted by Gasteiger charge is 2.21. The summed E-state index contributed by atoms with van der Waals surface area (Å²) in [5.41, 5.74) is 7.05. The average Bonchev–Trinajstić information content (AvgIpc) is 3.51. The Hall–Kier alpha value is -5.99. The van der Waals surface area contributed by atoms with Crippen molar-refractivity contribution in [1.82, 2.24) is 4.98 Å². The summed E-state index contributed by atoms with van der Waals surface area (Å²) >= 11 is 0. The molecule has 0 aliphatic heterocycles. The van der Waals surface area contributed by atoms with E-state index in [1.54, 1.807) is 0 Å². The molecule has 2 heterocycles. The molecule has 2 nitrogen and oxygen atoms in total. The number of furan rings is 1. The van der Waals surface area contributed by atoms with Gasteiger partial charge in [-0.15, -0.1) is 0 Å². The molecule has 0 saturated heterocycles. The van der Waals surface area contributed by atoms with Crippen LogP contribution in [0.5, 0.6) is 0 Å². The van der Waals surface area contributed by atoms with Crippen LogP contribution in [0.4, 0.5) is 0 Å². The van der Waals surface area contributed by atoms with Gasteiger partial charge in [0.1, 0.15) is 11.2 Å². The van der Waals surface area contributed by atoms with Gasteiger partial charge >= 0.3 is 0 Å². The molecule has 0 fully saturated rings. The van der Waals surface area contributed by atoms with Gasteiger partial charge in [-0.2, -0.15) is 0 Å². The number of nitrogens with zero attached hydrogens (tertiary/aromatic N) is 1. The quantitative estimate of drug-likeness (QED) is 0.193. The Kier molecular flexibility index (Phi) is 5.03. The van der Waals surface area contributed by atoms with Crippen LogP contribution in [0.3, 0.4) is 0 Å². The SMILES string of the molecule is c1ccc(-c2nc3ccccc3c3c2cc(-c2ccc4c5ccccc5c5ccccc5c4c2)c2oc4ccccc4c23)cc1. The number of hydrogen-bond acceptors (Lipinski definition) is 2. The Morgan fingerprint density at radius 3 is 1.69 bits per heavy atom. The van der Waals surface area contributed by atoms with Gasteiger partial charge in [0, 0.05) is 38.1 Å². The molecular formula is C43H25NO. The molecule has 0 aliphatic rings. The predicted octanol–water partition coefficient (Wildman–Crippen LogP) is 12.1. The van der Waals surface area contributed by atoms with Crippen molar-refractivity contribution in [2.24, 2.45) is 0 Å². The monoisotopic (exact) mass is 571 g/mol. The van der Waals surface area contributed by atoms with Gasteiger partial charge in [0.2, 0.25) is 0 Å². The molecule has 45 heavy (non-hydrogen) atoms. The molecule has 0 bridgehead atoms. The largest absolute Gasteiger partial charge is 0.455 e. The van der Waals surface area contributed by atoms with Crippen molar-refractivity contribution in [2.45, 2.75) is 0 Å². The van der Waals surface area contributed by atoms with Crippen LogP contribution < -0.4 is 0 Å². The first-order valence-electron chi connectivity index (χ1n) is 15.4. The first kappa shape index (κ1) is 24.5. The number of fused-ring (bicyclic) bond motifs is 13. The normalized spacial score (nSPS) is 12.0. The maximum Gasteiger partial charge on any atom is 0.143 e. The summed E-state index contributed by atoms with van der Waals surface area (Å²) in [6.07, 6.45) is 0. The fourth-order valence-corrected chi connectivity index (χ4v) is 7.44. The average molecular weight is 572 g/mol. The van der Waals surface area contributed by atoms with Gasteiger partial charge < -0.3 is 4.42 Å². The second kappa shape index (κ2) is 9.25. The number of benzene rings is 8. The minimum atomic E-state index is 0.889. The van der Waals surface area contributed by atoms with Crippen molar-refractivity contribution in [3.05, 3.63) is 152 Å². The van der Waals surface area contributed by atoms with Gasteiger partial charge in [-0.1, -0.05) is 127 Å². The van der Waals surface area contributed by atoms with Crippen LogP contribution in [0.25, 0.3) is 98.3 Å². The number of hydrogen-bond donors (Lipinski definition) is 0. The van der Waals surface area contributed by atoms with Gasteiger partial charge in [0.05, 0.1) is 11.2 Å². The Labute approximate surface area is 258 Å². The van der Waals surface area contributed by atoms with Crippen LogP contribution in [-0.4, -0.2) is 4.98 Å². The van der Waals surface area contributed by atoms with Crippen molar-refractivity contribution in [3.8, 4) is 22.4 Å². The molecule has 8 aromatic carbocycles. The van der Waals surface area contributed by atoms with E-state index in [0.717, 1.165) is 60.6 Å². The smallest absolute Gasteiger partial charge is 0.143 e. The topological polar surface area (TPSA) is 26.0 Å². The summed E-state index contributed by atoms with van der Waals surface area (Å²) in [5.74, 6) is 0. The molecule has 10 aromatic rings. The van der Waals surface area contributed by atoms with Gasteiger partial charge in [-0.3, -0.25) is 0 Å². The van der Waals surface area contributed by atoms with E-state index in [9.17, 15) is 0 Å². The minimum Gasteiger partial charge on any atom is -0.455 e. The first-order chi connectivity index (χ1) is 22.3. The highest BCUT2D eigenvalue weighted by Crippen LogP contribution is 2.46. The zero-order valence-electron chi connectivity index (χ0n) is 24.3. The Morgan fingerprint density at radius 2 is 0.956 bits per heavy atom. The van der Waals surface area contributed by atoms with Gasteiger partial charge in [-0.05, 0) is 62.1 Å². The van der Waals surface area contributed by atoms with Crippen LogP contribution in [0.2, 0.25) is 0 Å². The van der Waals surface area contributed by atoms with E-state index in [1.807, 2.05) is 0 Å². The van der Waals surface area contributed by atoms with Crippen molar-refractivity contribution < 1.29 is 4.42 Å². The number of rotatable bonds is 2. The molecule has 0 aliphatic carbocycles. The maximum atomic E-state index is 6.79. The van der Waals surface area contributed by atoms with E-state index in [4.69, 9.17) is 9.40 Å². The van der Waals surface area contributed by atoms with E-state index in [0.29, 0.717) is 0 Å². The second-order valence-electron chi connectivity index (χ2n) is 11.8. The molecule has 0 unspecified atom stereocenters. The molecule has 0 spiro atoms. The third-order valence-corrected chi connectivity index (χ3v) is 9.41. The molecule has 2 aromatic heterocycles. The van der Waals surface area contributed by atoms with Crippen molar-refractivity contribution in [1.29, 1.82) is 0 Å². The van der Waals surface area contributed by atoms with Crippen molar-refractivity contribution >= 4 is 75.9 Å². The van der Waals surface area contributed by atoms with E-state index in [1.165, 1.54) is 37.7 Å². The summed E-state index contributed by atoms with van der Waals surface area (Å²) in [6.45, 7) is 0. The first-order valence-corrected chi connectivity index (χ1v) is 15.4. The predicted molar refractivity (Wildman–Crippen MR) is 190 cm³/mol. The van der Waals surface area contributed by atoms with E-state index in [-0.39, 0.29) is 0 Å². The molecule has 10 rings (SSSR count). The van der Waals surface area contributed by atoms with Gasteiger partial charge in [-0.25, -0.2) is 4.98 Å². The van der Waals surface area contributed by atoms with Crippen molar-refractivity contribution in [3.63, 3.8) is 0 Å². The zero-order valence-corrected chi connectivity index (χ0v) is 24.3. The highest BCUT2D eigenvalue weighted by atomic mass is 16.3. The third kappa shape index (κ3) is 3.48. The molecular weight excluding hydrogens is 546 g/mol. The lowest BCUT2D eigenvalue weighted by Gasteiger charge is -2.15. The van der Waals surface area contributed by atoms with Gasteiger partial charge in [0.25, 0.3) is 0 Å².